The summed E-state index contributed by atoms with van der Waals surface area (Å²) < 4.78 is 38.8. The van der Waals surface area contributed by atoms with Crippen molar-refractivity contribution < 1.29 is 17.9 Å². The normalized spacial score (nSPS) is 20.4. The van der Waals surface area contributed by atoms with Gasteiger partial charge in [0.2, 0.25) is 10.0 Å². The topological polar surface area (TPSA) is 55.8 Å². The lowest BCUT2D eigenvalue weighted by atomic mass is 9.86. The number of fused-ring (bicyclic) bond motifs is 2. The summed E-state index contributed by atoms with van der Waals surface area (Å²) >= 11 is 1.73. The maximum absolute atomic E-state index is 13.0. The molecule has 2 aliphatic rings. The molecule has 0 amide bonds. The zero-order valence-corrected chi connectivity index (χ0v) is 15.7. The Kier molecular flexibility index (Phi) is 4.35. The lowest BCUT2D eigenvalue weighted by Crippen LogP contribution is -2.47. The highest BCUT2D eigenvalue weighted by molar-refractivity contribution is 7.89. The number of methoxy groups -OCH3 is 1. The summed E-state index contributed by atoms with van der Waals surface area (Å²) in [5.41, 5.74) is 1.06. The van der Waals surface area contributed by atoms with Crippen LogP contribution in [0.4, 0.5) is 0 Å². The van der Waals surface area contributed by atoms with Gasteiger partial charge in [-0.2, -0.15) is 4.31 Å². The van der Waals surface area contributed by atoms with E-state index in [9.17, 15) is 8.42 Å². The maximum Gasteiger partial charge on any atom is 0.243 e. The largest absolute Gasteiger partial charge is 0.497 e. The van der Waals surface area contributed by atoms with E-state index in [4.69, 9.17) is 9.47 Å². The van der Waals surface area contributed by atoms with Crippen molar-refractivity contribution in [2.75, 3.05) is 26.8 Å². The van der Waals surface area contributed by atoms with E-state index in [1.54, 1.807) is 39.9 Å². The van der Waals surface area contributed by atoms with E-state index < -0.39 is 10.0 Å². The minimum absolute atomic E-state index is 0.282. The van der Waals surface area contributed by atoms with Gasteiger partial charge < -0.3 is 9.47 Å². The van der Waals surface area contributed by atoms with E-state index in [0.717, 1.165) is 6.42 Å². The Morgan fingerprint density at radius 1 is 1.24 bits per heavy atom. The molecule has 1 aromatic heterocycles. The smallest absolute Gasteiger partial charge is 0.243 e. The first-order valence-electron chi connectivity index (χ1n) is 8.40. The van der Waals surface area contributed by atoms with E-state index in [0.29, 0.717) is 38.3 Å². The highest BCUT2D eigenvalue weighted by Gasteiger charge is 2.44. The van der Waals surface area contributed by atoms with E-state index in [1.807, 2.05) is 0 Å². The molecule has 25 heavy (non-hydrogen) atoms. The first-order chi connectivity index (χ1) is 12.0. The molecule has 0 unspecified atom stereocenters. The minimum Gasteiger partial charge on any atom is -0.497 e. The van der Waals surface area contributed by atoms with Crippen molar-refractivity contribution in [2.24, 2.45) is 0 Å². The molecule has 5 nitrogen and oxygen atoms in total. The second-order valence-electron chi connectivity index (χ2n) is 6.45. The van der Waals surface area contributed by atoms with Crippen LogP contribution in [-0.2, 0) is 26.8 Å². The van der Waals surface area contributed by atoms with Gasteiger partial charge in [-0.1, -0.05) is 6.07 Å². The van der Waals surface area contributed by atoms with E-state index in [1.165, 1.54) is 17.6 Å². The van der Waals surface area contributed by atoms with Crippen LogP contribution in [0.15, 0.2) is 40.6 Å². The number of ether oxygens (including phenoxy) is 2. The minimum atomic E-state index is -3.51. The van der Waals surface area contributed by atoms with Gasteiger partial charge in [-0.3, -0.25) is 0 Å². The Morgan fingerprint density at radius 3 is 2.80 bits per heavy atom. The molecule has 1 fully saturated rings. The fraction of sp³-hybridized carbons (Fsp3) is 0.444. The van der Waals surface area contributed by atoms with Gasteiger partial charge in [-0.15, -0.1) is 11.3 Å². The lowest BCUT2D eigenvalue weighted by Gasteiger charge is -2.43. The number of hydrogen-bond donors (Lipinski definition) is 0. The van der Waals surface area contributed by atoms with Crippen LogP contribution in [0, 0.1) is 0 Å². The summed E-state index contributed by atoms with van der Waals surface area (Å²) in [6.45, 7) is 1.65. The Balaban J connectivity index is 1.56. The van der Waals surface area contributed by atoms with Crippen LogP contribution in [0.5, 0.6) is 5.75 Å². The molecular weight excluding hydrogens is 358 g/mol. The van der Waals surface area contributed by atoms with Crippen LogP contribution < -0.4 is 4.74 Å². The van der Waals surface area contributed by atoms with Crippen LogP contribution in [-0.4, -0.2) is 39.5 Å². The number of rotatable bonds is 3. The maximum atomic E-state index is 13.0. The standard InChI is InChI=1S/C18H21NO4S2/c1-22-15-3-2-4-16(13-15)25(20,21)19-9-7-18(8-10-19)17-14(5-11-23-18)6-12-24-17/h2-4,6,12-13H,5,7-11H2,1H3. The van der Waals surface area contributed by atoms with Crippen LogP contribution in [0.3, 0.4) is 0 Å². The van der Waals surface area contributed by atoms with Crippen molar-refractivity contribution >= 4 is 21.4 Å². The number of sulfonamides is 1. The van der Waals surface area contributed by atoms with Crippen LogP contribution in [0.2, 0.25) is 0 Å². The second kappa shape index (κ2) is 6.39. The second-order valence-corrected chi connectivity index (χ2v) is 9.30. The quantitative estimate of drug-likeness (QED) is 0.823. The molecule has 134 valence electrons. The molecule has 0 aliphatic carbocycles. The van der Waals surface area contributed by atoms with Crippen molar-refractivity contribution in [1.29, 1.82) is 0 Å². The number of nitrogens with zero attached hydrogens (tertiary/aromatic N) is 1. The summed E-state index contributed by atoms with van der Waals surface area (Å²) in [4.78, 5) is 1.57. The summed E-state index contributed by atoms with van der Waals surface area (Å²) in [6.07, 6.45) is 2.35. The fourth-order valence-corrected chi connectivity index (χ4v) is 6.37. The molecular formula is C18H21NO4S2. The monoisotopic (exact) mass is 379 g/mol. The Bertz CT molecular complexity index is 867. The summed E-state index contributed by atoms with van der Waals surface area (Å²) in [6, 6.07) is 8.83. The number of benzene rings is 1. The summed E-state index contributed by atoms with van der Waals surface area (Å²) in [5, 5.41) is 2.11. The van der Waals surface area contributed by atoms with Crippen molar-refractivity contribution in [3.8, 4) is 5.75 Å². The molecule has 3 heterocycles. The number of piperidine rings is 1. The Morgan fingerprint density at radius 2 is 2.04 bits per heavy atom. The van der Waals surface area contributed by atoms with Gasteiger partial charge >= 0.3 is 0 Å². The highest BCUT2D eigenvalue weighted by atomic mass is 32.2. The van der Waals surface area contributed by atoms with E-state index >= 15 is 0 Å². The van der Waals surface area contributed by atoms with Crippen LogP contribution in [0.25, 0.3) is 0 Å². The predicted octanol–water partition coefficient (Wildman–Crippen LogP) is 3.01. The molecule has 7 heteroatoms. The molecule has 0 saturated carbocycles. The molecule has 1 aromatic carbocycles. The van der Waals surface area contributed by atoms with Crippen LogP contribution >= 0.6 is 11.3 Å². The zero-order chi connectivity index (χ0) is 17.5. The molecule has 2 aromatic rings. The molecule has 4 rings (SSSR count). The molecule has 0 N–H and O–H groups in total. The molecule has 1 spiro atoms. The third kappa shape index (κ3) is 2.89. The van der Waals surface area contributed by atoms with E-state index in [-0.39, 0.29) is 10.5 Å². The van der Waals surface area contributed by atoms with Crippen molar-refractivity contribution in [3.05, 3.63) is 46.2 Å². The van der Waals surface area contributed by atoms with Gasteiger partial charge in [0.1, 0.15) is 11.4 Å². The van der Waals surface area contributed by atoms with Crippen molar-refractivity contribution in [1.82, 2.24) is 4.31 Å². The van der Waals surface area contributed by atoms with Crippen LogP contribution in [0.1, 0.15) is 23.3 Å². The first kappa shape index (κ1) is 17.0. The number of hydrogen-bond acceptors (Lipinski definition) is 5. The molecule has 0 bridgehead atoms. The average molecular weight is 380 g/mol. The van der Waals surface area contributed by atoms with Gasteiger partial charge in [0.15, 0.2) is 0 Å². The molecule has 1 saturated heterocycles. The lowest BCUT2D eigenvalue weighted by molar-refractivity contribution is -0.0861. The SMILES string of the molecule is COc1cccc(S(=O)(=O)N2CCC3(CC2)OCCc2ccsc23)c1. The van der Waals surface area contributed by atoms with E-state index in [2.05, 4.69) is 11.4 Å². The Labute approximate surface area is 152 Å². The summed E-state index contributed by atoms with van der Waals surface area (Å²) in [5.74, 6) is 0.549. The Hall–Kier alpha value is -1.41. The molecule has 0 atom stereocenters. The third-order valence-electron chi connectivity index (χ3n) is 5.12. The fourth-order valence-electron chi connectivity index (χ4n) is 3.72. The van der Waals surface area contributed by atoms with Gasteiger partial charge in [0.05, 0.1) is 18.6 Å². The molecule has 2 aliphatic heterocycles. The zero-order valence-electron chi connectivity index (χ0n) is 14.1. The average Bonchev–Trinajstić information content (AvgIpc) is 3.13. The van der Waals surface area contributed by atoms with Gasteiger partial charge in [-0.25, -0.2) is 8.42 Å². The number of thiophene rings is 1. The predicted molar refractivity (Wildman–Crippen MR) is 96.6 cm³/mol. The summed E-state index contributed by atoms with van der Waals surface area (Å²) in [7, 11) is -1.98. The molecule has 0 radical (unpaired) electrons. The highest BCUT2D eigenvalue weighted by Crippen LogP contribution is 2.44. The van der Waals surface area contributed by atoms with Crippen molar-refractivity contribution in [3.63, 3.8) is 0 Å². The first-order valence-corrected chi connectivity index (χ1v) is 10.7. The third-order valence-corrected chi connectivity index (χ3v) is 8.16. The van der Waals surface area contributed by atoms with Gasteiger partial charge in [0, 0.05) is 24.0 Å². The van der Waals surface area contributed by atoms with Gasteiger partial charge in [0.25, 0.3) is 0 Å². The van der Waals surface area contributed by atoms with Gasteiger partial charge in [-0.05, 0) is 48.4 Å². The van der Waals surface area contributed by atoms with Crippen molar-refractivity contribution in [2.45, 2.75) is 29.8 Å².